The Kier molecular flexibility index (Phi) is 7.34. The Morgan fingerprint density at radius 2 is 1.66 bits per heavy atom. The van der Waals surface area contributed by atoms with Crippen molar-refractivity contribution in [3.8, 4) is 5.75 Å². The monoisotopic (exact) mass is 470 g/mol. The molecule has 4 rings (SSSR count). The van der Waals surface area contributed by atoms with E-state index in [1.54, 1.807) is 48.5 Å². The third kappa shape index (κ3) is 5.83. The van der Waals surface area contributed by atoms with Gasteiger partial charge in [-0.15, -0.1) is 10.2 Å². The van der Waals surface area contributed by atoms with Gasteiger partial charge in [0.2, 0.25) is 5.01 Å². The van der Waals surface area contributed by atoms with E-state index in [0.29, 0.717) is 27.0 Å². The van der Waals surface area contributed by atoms with Crippen molar-refractivity contribution in [2.75, 3.05) is 18.4 Å². The molecule has 1 fully saturated rings. The molecule has 1 N–H and O–H groups in total. The van der Waals surface area contributed by atoms with Gasteiger partial charge < -0.3 is 15.0 Å². The van der Waals surface area contributed by atoms with Crippen molar-refractivity contribution in [3.05, 3.63) is 69.1 Å². The first-order valence-corrected chi connectivity index (χ1v) is 11.7. The first-order chi connectivity index (χ1) is 15.6. The fourth-order valence-electron chi connectivity index (χ4n) is 3.42. The Balaban J connectivity index is 1.31. The van der Waals surface area contributed by atoms with Crippen molar-refractivity contribution in [3.63, 3.8) is 0 Å². The molecule has 32 heavy (non-hydrogen) atoms. The van der Waals surface area contributed by atoms with Crippen LogP contribution in [-0.2, 0) is 6.61 Å². The van der Waals surface area contributed by atoms with Crippen LogP contribution in [0.4, 0.5) is 5.69 Å². The highest BCUT2D eigenvalue weighted by atomic mass is 35.5. The Labute approximate surface area is 195 Å². The molecule has 1 saturated heterocycles. The lowest BCUT2D eigenvalue weighted by atomic mass is 10.1. The van der Waals surface area contributed by atoms with Gasteiger partial charge in [0.25, 0.3) is 11.8 Å². The molecule has 1 aliphatic rings. The van der Waals surface area contributed by atoms with Crippen LogP contribution in [0.2, 0.25) is 5.02 Å². The van der Waals surface area contributed by atoms with Crippen LogP contribution in [0.15, 0.2) is 48.5 Å². The number of hydrogen-bond donors (Lipinski definition) is 1. The van der Waals surface area contributed by atoms with Crippen LogP contribution in [-0.4, -0.2) is 40.0 Å². The van der Waals surface area contributed by atoms with Gasteiger partial charge in [0.05, 0.1) is 0 Å². The molecule has 0 atom stereocenters. The standard InChI is InChI=1S/C23H23ClN4O3S/c24-17-7-11-19(12-8-17)31-15-20-26-27-22(32-20)21(29)25-18-9-5-16(6-10-18)23(30)28-13-3-1-2-4-14-28/h5-12H,1-4,13-15H2,(H,25,29). The molecule has 1 aliphatic heterocycles. The van der Waals surface area contributed by atoms with E-state index < -0.39 is 0 Å². The largest absolute Gasteiger partial charge is 0.486 e. The lowest BCUT2D eigenvalue weighted by Crippen LogP contribution is -2.31. The number of carbonyl (C=O) groups is 2. The minimum absolute atomic E-state index is 0.0410. The average molecular weight is 471 g/mol. The van der Waals surface area contributed by atoms with Crippen molar-refractivity contribution in [1.29, 1.82) is 0 Å². The normalized spacial score (nSPS) is 14.0. The highest BCUT2D eigenvalue weighted by molar-refractivity contribution is 7.13. The van der Waals surface area contributed by atoms with E-state index >= 15 is 0 Å². The summed E-state index contributed by atoms with van der Waals surface area (Å²) in [6.07, 6.45) is 4.45. The maximum Gasteiger partial charge on any atom is 0.286 e. The lowest BCUT2D eigenvalue weighted by Gasteiger charge is -2.20. The number of rotatable bonds is 6. The summed E-state index contributed by atoms with van der Waals surface area (Å²) in [5, 5.41) is 12.2. The molecule has 0 radical (unpaired) electrons. The summed E-state index contributed by atoms with van der Waals surface area (Å²) in [6, 6.07) is 14.0. The number of hydrogen-bond acceptors (Lipinski definition) is 6. The summed E-state index contributed by atoms with van der Waals surface area (Å²) in [7, 11) is 0. The summed E-state index contributed by atoms with van der Waals surface area (Å²) in [5.74, 6) is 0.344. The maximum absolute atomic E-state index is 12.7. The Morgan fingerprint density at radius 3 is 2.34 bits per heavy atom. The molecule has 1 aromatic heterocycles. The zero-order valence-electron chi connectivity index (χ0n) is 17.4. The van der Waals surface area contributed by atoms with Gasteiger partial charge in [-0.1, -0.05) is 35.8 Å². The number of aromatic nitrogens is 2. The second-order valence-corrected chi connectivity index (χ2v) is 8.98. The molecule has 166 valence electrons. The third-order valence-corrected chi connectivity index (χ3v) is 6.27. The molecule has 0 aliphatic carbocycles. The molecule has 0 saturated carbocycles. The fraction of sp³-hybridized carbons (Fsp3) is 0.304. The van der Waals surface area contributed by atoms with Gasteiger partial charge in [0, 0.05) is 29.4 Å². The van der Waals surface area contributed by atoms with Crippen LogP contribution in [0.1, 0.15) is 50.9 Å². The van der Waals surface area contributed by atoms with E-state index in [1.165, 1.54) is 24.2 Å². The third-order valence-electron chi connectivity index (χ3n) is 5.12. The van der Waals surface area contributed by atoms with Gasteiger partial charge in [-0.05, 0) is 61.4 Å². The second-order valence-electron chi connectivity index (χ2n) is 7.48. The van der Waals surface area contributed by atoms with Gasteiger partial charge >= 0.3 is 0 Å². The minimum Gasteiger partial charge on any atom is -0.486 e. The molecular weight excluding hydrogens is 448 g/mol. The molecule has 0 spiro atoms. The quantitative estimate of drug-likeness (QED) is 0.545. The summed E-state index contributed by atoms with van der Waals surface area (Å²) >= 11 is 7.03. The number of anilines is 1. The average Bonchev–Trinajstić information content (AvgIpc) is 3.12. The van der Waals surface area contributed by atoms with E-state index in [-0.39, 0.29) is 23.4 Å². The van der Waals surface area contributed by atoms with Gasteiger partial charge in [0.15, 0.2) is 5.01 Å². The van der Waals surface area contributed by atoms with Crippen molar-refractivity contribution < 1.29 is 14.3 Å². The number of likely N-dealkylation sites (tertiary alicyclic amines) is 1. The zero-order valence-corrected chi connectivity index (χ0v) is 19.0. The number of nitrogens with one attached hydrogen (secondary N) is 1. The van der Waals surface area contributed by atoms with Crippen molar-refractivity contribution in [2.24, 2.45) is 0 Å². The highest BCUT2D eigenvalue weighted by Gasteiger charge is 2.18. The molecule has 0 bridgehead atoms. The Bertz CT molecular complexity index is 1060. The maximum atomic E-state index is 12.7. The molecule has 3 aromatic rings. The molecule has 2 heterocycles. The second kappa shape index (κ2) is 10.6. The van der Waals surface area contributed by atoms with E-state index in [1.807, 2.05) is 4.90 Å². The van der Waals surface area contributed by atoms with Gasteiger partial charge in [-0.2, -0.15) is 0 Å². The predicted octanol–water partition coefficient (Wildman–Crippen LogP) is 5.04. The zero-order chi connectivity index (χ0) is 22.3. The van der Waals surface area contributed by atoms with Crippen molar-refractivity contribution >= 4 is 40.4 Å². The van der Waals surface area contributed by atoms with Gasteiger partial charge in [-0.25, -0.2) is 0 Å². The topological polar surface area (TPSA) is 84.4 Å². The number of halogens is 1. The summed E-state index contributed by atoms with van der Waals surface area (Å²) in [6.45, 7) is 1.82. The number of carbonyl (C=O) groups excluding carboxylic acids is 2. The molecule has 0 unspecified atom stereocenters. The van der Waals surface area contributed by atoms with Crippen LogP contribution in [0.3, 0.4) is 0 Å². The Hall–Kier alpha value is -2.97. The van der Waals surface area contributed by atoms with Crippen LogP contribution in [0, 0.1) is 0 Å². The summed E-state index contributed by atoms with van der Waals surface area (Å²) < 4.78 is 5.63. The predicted molar refractivity (Wildman–Crippen MR) is 124 cm³/mol. The highest BCUT2D eigenvalue weighted by Crippen LogP contribution is 2.20. The first kappa shape index (κ1) is 22.2. The Morgan fingerprint density at radius 1 is 0.969 bits per heavy atom. The molecule has 9 heteroatoms. The number of benzene rings is 2. The van der Waals surface area contributed by atoms with E-state index in [9.17, 15) is 9.59 Å². The number of ether oxygens (including phenoxy) is 1. The molecule has 7 nitrogen and oxygen atoms in total. The van der Waals surface area contributed by atoms with E-state index in [0.717, 1.165) is 25.9 Å². The molecule has 2 aromatic carbocycles. The molecule has 2 amide bonds. The molecular formula is C23H23ClN4O3S. The first-order valence-electron chi connectivity index (χ1n) is 10.5. The van der Waals surface area contributed by atoms with Crippen LogP contribution in [0.25, 0.3) is 0 Å². The van der Waals surface area contributed by atoms with Crippen LogP contribution >= 0.6 is 22.9 Å². The summed E-state index contributed by atoms with van der Waals surface area (Å²) in [4.78, 5) is 27.1. The van der Waals surface area contributed by atoms with Gasteiger partial charge in [0.1, 0.15) is 12.4 Å². The number of amides is 2. The van der Waals surface area contributed by atoms with Crippen molar-refractivity contribution in [1.82, 2.24) is 15.1 Å². The summed E-state index contributed by atoms with van der Waals surface area (Å²) in [5.41, 5.74) is 1.22. The minimum atomic E-state index is -0.355. The number of nitrogens with zero attached hydrogens (tertiary/aromatic N) is 3. The fourth-order valence-corrected chi connectivity index (χ4v) is 4.19. The van der Waals surface area contributed by atoms with E-state index in [2.05, 4.69) is 15.5 Å². The SMILES string of the molecule is O=C(Nc1ccc(C(=O)N2CCCCCC2)cc1)c1nnc(COc2ccc(Cl)cc2)s1. The van der Waals surface area contributed by atoms with E-state index in [4.69, 9.17) is 16.3 Å². The smallest absolute Gasteiger partial charge is 0.286 e. The van der Waals surface area contributed by atoms with Gasteiger partial charge in [-0.3, -0.25) is 9.59 Å². The van der Waals surface area contributed by atoms with Crippen molar-refractivity contribution in [2.45, 2.75) is 32.3 Å². The lowest BCUT2D eigenvalue weighted by molar-refractivity contribution is 0.0761. The van der Waals surface area contributed by atoms with Crippen LogP contribution < -0.4 is 10.1 Å². The van der Waals surface area contributed by atoms with Crippen LogP contribution in [0.5, 0.6) is 5.75 Å².